The third-order valence-corrected chi connectivity index (χ3v) is 18.7. The lowest BCUT2D eigenvalue weighted by atomic mass is 9.70. The summed E-state index contributed by atoms with van der Waals surface area (Å²) in [4.78, 5) is 4.86. The molecule has 4 heteroatoms. The molecule has 0 saturated heterocycles. The maximum absolute atomic E-state index is 2.50. The SMILES string of the molecule is c1ccc(N(c2ccc(-c3cccc4c3sc3ccccc34)cc2)c2ccc3c(c2)C2(c4ccccc4-c4ccccc42)c2cc(N(c4ccccc4)c4ccc(-c5cccc6c5sc5ccccc56)cc4)ccc2-3)cc1. The molecule has 2 aromatic heterocycles. The summed E-state index contributed by atoms with van der Waals surface area (Å²) in [5, 5.41) is 5.26. The van der Waals surface area contributed by atoms with E-state index < -0.39 is 5.41 Å². The molecule has 2 aliphatic carbocycles. The van der Waals surface area contributed by atoms with Gasteiger partial charge in [0.15, 0.2) is 0 Å². The van der Waals surface area contributed by atoms with Crippen LogP contribution in [0.15, 0.2) is 279 Å². The molecule has 16 rings (SSSR count). The molecular weight excluding hydrogens is 969 g/mol. The zero-order chi connectivity index (χ0) is 50.6. The van der Waals surface area contributed by atoms with E-state index in [0.717, 1.165) is 34.1 Å². The summed E-state index contributed by atoms with van der Waals surface area (Å²) in [5.41, 5.74) is 21.3. The van der Waals surface area contributed by atoms with Crippen molar-refractivity contribution in [1.82, 2.24) is 0 Å². The Labute approximate surface area is 455 Å². The van der Waals surface area contributed by atoms with E-state index in [-0.39, 0.29) is 0 Å². The summed E-state index contributed by atoms with van der Waals surface area (Å²) in [7, 11) is 0. The first kappa shape index (κ1) is 44.0. The molecule has 0 aliphatic heterocycles. The number of fused-ring (bicyclic) bond motifs is 16. The second kappa shape index (κ2) is 17.4. The summed E-state index contributed by atoms with van der Waals surface area (Å²) in [6.07, 6.45) is 0. The number of nitrogens with zero attached hydrogens (tertiary/aromatic N) is 2. The Hall–Kier alpha value is -9.32. The van der Waals surface area contributed by atoms with Gasteiger partial charge in [0.2, 0.25) is 0 Å². The normalized spacial score (nSPS) is 12.8. The fourth-order valence-electron chi connectivity index (χ4n) is 13.0. The van der Waals surface area contributed by atoms with Crippen molar-refractivity contribution in [2.24, 2.45) is 0 Å². The third kappa shape index (κ3) is 6.66. The minimum atomic E-state index is -0.589. The molecule has 0 atom stereocenters. The fourth-order valence-corrected chi connectivity index (χ4v) is 15.4. The number of thiophene rings is 2. The molecule has 2 aliphatic rings. The topological polar surface area (TPSA) is 6.48 Å². The second-order valence-corrected chi connectivity index (χ2v) is 22.4. The van der Waals surface area contributed by atoms with Gasteiger partial charge in [-0.15, -0.1) is 22.7 Å². The highest BCUT2D eigenvalue weighted by Crippen LogP contribution is 2.64. The van der Waals surface area contributed by atoms with Crippen LogP contribution >= 0.6 is 22.7 Å². The van der Waals surface area contributed by atoms with Gasteiger partial charge in [-0.2, -0.15) is 0 Å². The molecule has 0 fully saturated rings. The largest absolute Gasteiger partial charge is 0.310 e. The first-order valence-corrected chi connectivity index (χ1v) is 28.0. The molecule has 77 heavy (non-hydrogen) atoms. The molecule has 0 radical (unpaired) electrons. The molecule has 0 N–H and O–H groups in total. The van der Waals surface area contributed by atoms with Gasteiger partial charge in [-0.3, -0.25) is 0 Å². The minimum Gasteiger partial charge on any atom is -0.310 e. The van der Waals surface area contributed by atoms with Crippen LogP contribution in [0.4, 0.5) is 34.1 Å². The highest BCUT2D eigenvalue weighted by molar-refractivity contribution is 7.26. The van der Waals surface area contributed by atoms with Crippen LogP contribution in [-0.2, 0) is 5.41 Å². The summed E-state index contributed by atoms with van der Waals surface area (Å²) >= 11 is 3.76. The van der Waals surface area contributed by atoms with Crippen molar-refractivity contribution >= 4 is 97.1 Å². The lowest BCUT2D eigenvalue weighted by Gasteiger charge is -2.33. The molecule has 14 aromatic rings. The van der Waals surface area contributed by atoms with Crippen LogP contribution in [0.3, 0.4) is 0 Å². The van der Waals surface area contributed by atoms with Crippen molar-refractivity contribution < 1.29 is 0 Å². The molecule has 2 nitrogen and oxygen atoms in total. The first-order chi connectivity index (χ1) is 38.2. The lowest BCUT2D eigenvalue weighted by molar-refractivity contribution is 0.793. The molecule has 2 heterocycles. The third-order valence-electron chi connectivity index (χ3n) is 16.3. The highest BCUT2D eigenvalue weighted by Gasteiger charge is 2.52. The predicted octanol–water partition coefficient (Wildman–Crippen LogP) is 21.0. The van der Waals surface area contributed by atoms with Gasteiger partial charge in [-0.1, -0.05) is 194 Å². The smallest absolute Gasteiger partial charge is 0.0727 e. The average Bonchev–Trinajstić information content (AvgIpc) is 4.06. The van der Waals surface area contributed by atoms with Crippen LogP contribution in [0.2, 0.25) is 0 Å². The monoisotopic (exact) mass is 1010 g/mol. The van der Waals surface area contributed by atoms with Crippen LogP contribution in [0.5, 0.6) is 0 Å². The Kier molecular flexibility index (Phi) is 9.93. The minimum absolute atomic E-state index is 0.589. The number of hydrogen-bond donors (Lipinski definition) is 0. The second-order valence-electron chi connectivity index (χ2n) is 20.3. The van der Waals surface area contributed by atoms with E-state index in [1.54, 1.807) is 0 Å². The molecule has 0 saturated carbocycles. The average molecular weight is 1020 g/mol. The molecule has 0 bridgehead atoms. The molecular formula is C73H46N2S2. The van der Waals surface area contributed by atoms with E-state index in [1.807, 2.05) is 22.7 Å². The van der Waals surface area contributed by atoms with E-state index in [2.05, 4.69) is 289 Å². The lowest BCUT2D eigenvalue weighted by Crippen LogP contribution is -2.26. The Bertz CT molecular complexity index is 4330. The van der Waals surface area contributed by atoms with Gasteiger partial charge in [-0.05, 0) is 152 Å². The summed E-state index contributed by atoms with van der Waals surface area (Å²) in [6.45, 7) is 0. The van der Waals surface area contributed by atoms with Gasteiger partial charge in [0.25, 0.3) is 0 Å². The molecule has 0 amide bonds. The number of hydrogen-bond acceptors (Lipinski definition) is 4. The van der Waals surface area contributed by atoms with Gasteiger partial charge in [-0.25, -0.2) is 0 Å². The van der Waals surface area contributed by atoms with Crippen LogP contribution in [0, 0.1) is 0 Å². The Morgan fingerprint density at radius 1 is 0.234 bits per heavy atom. The van der Waals surface area contributed by atoms with Crippen LogP contribution < -0.4 is 9.80 Å². The Morgan fingerprint density at radius 2 is 0.571 bits per heavy atom. The van der Waals surface area contributed by atoms with Gasteiger partial charge < -0.3 is 9.80 Å². The molecule has 12 aromatic carbocycles. The quantitative estimate of drug-likeness (QED) is 0.150. The van der Waals surface area contributed by atoms with Gasteiger partial charge in [0.05, 0.1) is 5.41 Å². The maximum Gasteiger partial charge on any atom is 0.0727 e. The fraction of sp³-hybridized carbons (Fsp3) is 0.0137. The van der Waals surface area contributed by atoms with Crippen molar-refractivity contribution in [3.63, 3.8) is 0 Å². The molecule has 1 spiro atoms. The van der Waals surface area contributed by atoms with Crippen molar-refractivity contribution in [1.29, 1.82) is 0 Å². The predicted molar refractivity (Wildman–Crippen MR) is 329 cm³/mol. The molecule has 360 valence electrons. The van der Waals surface area contributed by atoms with Gasteiger partial charge in [0, 0.05) is 74.5 Å². The zero-order valence-electron chi connectivity index (χ0n) is 41.8. The van der Waals surface area contributed by atoms with E-state index in [9.17, 15) is 0 Å². The Balaban J connectivity index is 0.851. The van der Waals surface area contributed by atoms with E-state index in [4.69, 9.17) is 0 Å². The van der Waals surface area contributed by atoms with E-state index >= 15 is 0 Å². The van der Waals surface area contributed by atoms with Gasteiger partial charge >= 0.3 is 0 Å². The van der Waals surface area contributed by atoms with Crippen molar-refractivity contribution in [3.8, 4) is 44.5 Å². The van der Waals surface area contributed by atoms with E-state index in [0.29, 0.717) is 0 Å². The zero-order valence-corrected chi connectivity index (χ0v) is 43.4. The number of anilines is 6. The van der Waals surface area contributed by atoms with Crippen LogP contribution in [-0.4, -0.2) is 0 Å². The highest BCUT2D eigenvalue weighted by atomic mass is 32.1. The Morgan fingerprint density at radius 3 is 1.03 bits per heavy atom. The number of rotatable bonds is 8. The number of benzene rings is 12. The van der Waals surface area contributed by atoms with Crippen molar-refractivity contribution in [2.45, 2.75) is 5.41 Å². The first-order valence-electron chi connectivity index (χ1n) is 26.4. The standard InChI is InChI=1S/C73H46N2S2/c1-3-17-49(18-4-1)74(51-37-33-47(34-38-51)55-25-15-27-63-61-23-9-13-31-69(61)76-71(55)63)53-41-43-59-60-44-42-54(46-68(60)73(67(59)45-53)65-29-11-7-21-57(65)58-22-8-12-30-66(58)73)75(50-19-5-2-6-20-50)52-39-35-48(36-40-52)56-26-16-28-64-62-24-10-14-32-70(62)77-72(56)64/h1-46H. The van der Waals surface area contributed by atoms with Gasteiger partial charge in [0.1, 0.15) is 0 Å². The van der Waals surface area contributed by atoms with Crippen LogP contribution in [0.1, 0.15) is 22.3 Å². The summed E-state index contributed by atoms with van der Waals surface area (Å²) < 4.78 is 5.29. The van der Waals surface area contributed by atoms with Crippen molar-refractivity contribution in [2.75, 3.05) is 9.80 Å². The number of para-hydroxylation sites is 2. The molecule has 0 unspecified atom stereocenters. The van der Waals surface area contributed by atoms with Crippen LogP contribution in [0.25, 0.3) is 84.9 Å². The maximum atomic E-state index is 2.50. The van der Waals surface area contributed by atoms with E-state index in [1.165, 1.54) is 107 Å². The van der Waals surface area contributed by atoms with Crippen molar-refractivity contribution in [3.05, 3.63) is 301 Å². The summed E-state index contributed by atoms with van der Waals surface area (Å²) in [6, 6.07) is 104. The summed E-state index contributed by atoms with van der Waals surface area (Å²) in [5.74, 6) is 0.